The van der Waals surface area contributed by atoms with E-state index in [1.807, 2.05) is 31.6 Å². The normalized spacial score (nSPS) is 20.5. The van der Waals surface area contributed by atoms with Crippen LogP contribution in [0.1, 0.15) is 17.9 Å². The van der Waals surface area contributed by atoms with Crippen molar-refractivity contribution in [2.45, 2.75) is 12.3 Å². The molecule has 2 atom stereocenters. The van der Waals surface area contributed by atoms with Crippen LogP contribution in [-0.2, 0) is 11.8 Å². The van der Waals surface area contributed by atoms with Gasteiger partial charge in [0.1, 0.15) is 0 Å². The number of nitrogens with zero attached hydrogens (tertiary/aromatic N) is 2. The Morgan fingerprint density at radius 2 is 2.35 bits per heavy atom. The molecule has 0 unspecified atom stereocenters. The Morgan fingerprint density at radius 1 is 1.50 bits per heavy atom. The van der Waals surface area contributed by atoms with Crippen molar-refractivity contribution in [2.75, 3.05) is 5.43 Å². The average Bonchev–Trinajstić information content (AvgIpc) is 3.12. The SMILES string of the molecule is Cn1cc([C@H]2C[C@@H]2C(=O)NNc2cccc(Cl)c2)cn1. The van der Waals surface area contributed by atoms with Crippen LogP contribution < -0.4 is 10.9 Å². The van der Waals surface area contributed by atoms with Gasteiger partial charge in [-0.15, -0.1) is 0 Å². The zero-order valence-corrected chi connectivity index (χ0v) is 11.8. The number of nitrogens with one attached hydrogen (secondary N) is 2. The number of hydrazine groups is 1. The number of hydrogen-bond acceptors (Lipinski definition) is 3. The van der Waals surface area contributed by atoms with Crippen LogP contribution in [0.5, 0.6) is 0 Å². The van der Waals surface area contributed by atoms with Gasteiger partial charge in [0.25, 0.3) is 0 Å². The molecule has 0 radical (unpaired) electrons. The van der Waals surface area contributed by atoms with Crippen molar-refractivity contribution in [3.63, 3.8) is 0 Å². The van der Waals surface area contributed by atoms with E-state index >= 15 is 0 Å². The Kier molecular flexibility index (Phi) is 3.36. The maximum absolute atomic E-state index is 12.0. The van der Waals surface area contributed by atoms with Crippen molar-refractivity contribution >= 4 is 23.2 Å². The highest BCUT2D eigenvalue weighted by Crippen LogP contribution is 2.47. The maximum atomic E-state index is 12.0. The minimum Gasteiger partial charge on any atom is -0.299 e. The molecule has 1 aliphatic carbocycles. The number of aromatic nitrogens is 2. The highest BCUT2D eigenvalue weighted by atomic mass is 35.5. The van der Waals surface area contributed by atoms with E-state index < -0.39 is 0 Å². The molecule has 1 aromatic carbocycles. The van der Waals surface area contributed by atoms with Gasteiger partial charge in [0, 0.05) is 24.2 Å². The molecule has 104 valence electrons. The van der Waals surface area contributed by atoms with E-state index in [1.54, 1.807) is 16.8 Å². The molecule has 1 saturated carbocycles. The molecule has 1 amide bonds. The van der Waals surface area contributed by atoms with Gasteiger partial charge in [-0.2, -0.15) is 5.10 Å². The summed E-state index contributed by atoms with van der Waals surface area (Å²) in [5, 5.41) is 4.76. The van der Waals surface area contributed by atoms with Gasteiger partial charge in [0.2, 0.25) is 5.91 Å². The highest BCUT2D eigenvalue weighted by Gasteiger charge is 2.44. The standard InChI is InChI=1S/C14H15ClN4O/c1-19-8-9(7-16-19)12-6-13(12)14(20)18-17-11-4-2-3-10(15)5-11/h2-5,7-8,12-13,17H,6H2,1H3,(H,18,20)/t12-,13+/m1/s1. The molecule has 6 heteroatoms. The predicted octanol–water partition coefficient (Wildman–Crippen LogP) is 2.32. The lowest BCUT2D eigenvalue weighted by molar-refractivity contribution is -0.121. The summed E-state index contributed by atoms with van der Waals surface area (Å²) in [6, 6.07) is 7.21. The molecule has 1 heterocycles. The summed E-state index contributed by atoms with van der Waals surface area (Å²) in [5.74, 6) is 0.301. The van der Waals surface area contributed by atoms with E-state index in [4.69, 9.17) is 11.6 Å². The van der Waals surface area contributed by atoms with Gasteiger partial charge in [0.15, 0.2) is 0 Å². The number of anilines is 1. The van der Waals surface area contributed by atoms with Crippen LogP contribution in [0.15, 0.2) is 36.7 Å². The molecule has 1 fully saturated rings. The number of benzene rings is 1. The second kappa shape index (κ2) is 5.17. The zero-order valence-electron chi connectivity index (χ0n) is 11.0. The van der Waals surface area contributed by atoms with E-state index in [0.717, 1.165) is 17.7 Å². The second-order valence-corrected chi connectivity index (χ2v) is 5.46. The Balaban J connectivity index is 1.54. The number of amides is 1. The van der Waals surface area contributed by atoms with E-state index in [9.17, 15) is 4.79 Å². The molecule has 2 aromatic rings. The van der Waals surface area contributed by atoms with E-state index in [0.29, 0.717) is 5.02 Å². The van der Waals surface area contributed by atoms with Gasteiger partial charge in [-0.1, -0.05) is 17.7 Å². The van der Waals surface area contributed by atoms with Crippen LogP contribution in [0.2, 0.25) is 5.02 Å². The molecule has 0 saturated heterocycles. The molecular formula is C14H15ClN4O. The van der Waals surface area contributed by atoms with Crippen molar-refractivity contribution in [1.82, 2.24) is 15.2 Å². The molecule has 20 heavy (non-hydrogen) atoms. The maximum Gasteiger partial charge on any atom is 0.242 e. The van der Waals surface area contributed by atoms with Gasteiger partial charge >= 0.3 is 0 Å². The molecule has 0 spiro atoms. The van der Waals surface area contributed by atoms with Crippen molar-refractivity contribution in [3.8, 4) is 0 Å². The number of carbonyl (C=O) groups is 1. The fraction of sp³-hybridized carbons (Fsp3) is 0.286. The summed E-state index contributed by atoms with van der Waals surface area (Å²) in [6.45, 7) is 0. The molecule has 0 bridgehead atoms. The molecular weight excluding hydrogens is 276 g/mol. The topological polar surface area (TPSA) is 59.0 Å². The van der Waals surface area contributed by atoms with Crippen molar-refractivity contribution in [2.24, 2.45) is 13.0 Å². The third-order valence-electron chi connectivity index (χ3n) is 3.43. The van der Waals surface area contributed by atoms with Crippen molar-refractivity contribution < 1.29 is 4.79 Å². The largest absolute Gasteiger partial charge is 0.299 e. The molecule has 5 nitrogen and oxygen atoms in total. The van der Waals surface area contributed by atoms with Crippen LogP contribution in [0.3, 0.4) is 0 Å². The second-order valence-electron chi connectivity index (χ2n) is 5.02. The van der Waals surface area contributed by atoms with E-state index in [2.05, 4.69) is 16.0 Å². The number of carbonyl (C=O) groups excluding carboxylic acids is 1. The van der Waals surface area contributed by atoms with Crippen LogP contribution in [0, 0.1) is 5.92 Å². The molecule has 1 aliphatic rings. The Morgan fingerprint density at radius 3 is 3.05 bits per heavy atom. The summed E-state index contributed by atoms with van der Waals surface area (Å²) >= 11 is 5.88. The number of aryl methyl sites for hydroxylation is 1. The number of rotatable bonds is 4. The fourth-order valence-corrected chi connectivity index (χ4v) is 2.47. The van der Waals surface area contributed by atoms with Gasteiger partial charge in [-0.25, -0.2) is 0 Å². The Labute approximate surface area is 121 Å². The van der Waals surface area contributed by atoms with E-state index in [-0.39, 0.29) is 17.7 Å². The zero-order chi connectivity index (χ0) is 14.1. The first-order chi connectivity index (χ1) is 9.63. The third kappa shape index (κ3) is 2.77. The summed E-state index contributed by atoms with van der Waals surface area (Å²) in [7, 11) is 1.88. The van der Waals surface area contributed by atoms with Crippen molar-refractivity contribution in [3.05, 3.63) is 47.2 Å². The summed E-state index contributed by atoms with van der Waals surface area (Å²) in [4.78, 5) is 12.0. The fourth-order valence-electron chi connectivity index (χ4n) is 2.28. The first kappa shape index (κ1) is 13.0. The smallest absolute Gasteiger partial charge is 0.242 e. The predicted molar refractivity (Wildman–Crippen MR) is 77.3 cm³/mol. The monoisotopic (exact) mass is 290 g/mol. The first-order valence-corrected chi connectivity index (χ1v) is 6.81. The van der Waals surface area contributed by atoms with Crippen LogP contribution >= 0.6 is 11.6 Å². The highest BCUT2D eigenvalue weighted by molar-refractivity contribution is 6.30. The molecule has 0 aliphatic heterocycles. The third-order valence-corrected chi connectivity index (χ3v) is 3.67. The lowest BCUT2D eigenvalue weighted by atomic mass is 10.2. The van der Waals surface area contributed by atoms with Gasteiger partial charge in [-0.05, 0) is 36.1 Å². The number of halogens is 1. The molecule has 1 aromatic heterocycles. The summed E-state index contributed by atoms with van der Waals surface area (Å²) in [5.41, 5.74) is 7.49. The van der Waals surface area contributed by atoms with Gasteiger partial charge in [0.05, 0.1) is 11.9 Å². The first-order valence-electron chi connectivity index (χ1n) is 6.43. The van der Waals surface area contributed by atoms with Crippen molar-refractivity contribution in [1.29, 1.82) is 0 Å². The summed E-state index contributed by atoms with van der Waals surface area (Å²) in [6.07, 6.45) is 4.65. The van der Waals surface area contributed by atoms with E-state index in [1.165, 1.54) is 0 Å². The minimum absolute atomic E-state index is 0.00108. The quantitative estimate of drug-likeness (QED) is 0.850. The molecule has 3 rings (SSSR count). The van der Waals surface area contributed by atoms with Crippen LogP contribution in [0.25, 0.3) is 0 Å². The minimum atomic E-state index is -0.00108. The summed E-state index contributed by atoms with van der Waals surface area (Å²) < 4.78 is 1.76. The van der Waals surface area contributed by atoms with Crippen LogP contribution in [0.4, 0.5) is 5.69 Å². The van der Waals surface area contributed by atoms with Gasteiger partial charge < -0.3 is 0 Å². The molecule has 2 N–H and O–H groups in total. The Hall–Kier alpha value is -2.01. The lowest BCUT2D eigenvalue weighted by Gasteiger charge is -2.08. The van der Waals surface area contributed by atoms with Crippen LogP contribution in [-0.4, -0.2) is 15.7 Å². The van der Waals surface area contributed by atoms with Gasteiger partial charge in [-0.3, -0.25) is 20.3 Å². The average molecular weight is 291 g/mol. The Bertz CT molecular complexity index is 640. The number of hydrogen-bond donors (Lipinski definition) is 2. The lowest BCUT2D eigenvalue weighted by Crippen LogP contribution is -2.31.